The summed E-state index contributed by atoms with van der Waals surface area (Å²) < 4.78 is 0. The fraction of sp³-hybridized carbons (Fsp3) is 0.647. The molecule has 0 spiro atoms. The molecule has 1 aromatic rings. The van der Waals surface area contributed by atoms with E-state index in [0.29, 0.717) is 16.5 Å². The molecule has 2 rings (SSSR count). The van der Waals surface area contributed by atoms with Gasteiger partial charge in [-0.05, 0) is 43.6 Å². The molecule has 1 atom stereocenters. The van der Waals surface area contributed by atoms with Crippen LogP contribution in [0.4, 0.5) is 0 Å². The van der Waals surface area contributed by atoms with Crippen LogP contribution in [0.25, 0.3) is 0 Å². The van der Waals surface area contributed by atoms with Crippen LogP contribution in [-0.2, 0) is 6.42 Å². The van der Waals surface area contributed by atoms with Crippen LogP contribution in [-0.4, -0.2) is 34.7 Å². The van der Waals surface area contributed by atoms with Crippen molar-refractivity contribution in [2.24, 2.45) is 0 Å². The molecule has 1 aliphatic carbocycles. The number of likely N-dealkylation sites (N-methyl/N-ethyl adjacent to an activating group) is 1. The molecule has 1 aromatic carbocycles. The van der Waals surface area contributed by atoms with E-state index in [9.17, 15) is 5.11 Å². The Morgan fingerprint density at radius 1 is 1.14 bits per heavy atom. The second-order valence-corrected chi connectivity index (χ2v) is 6.72. The number of hydrogen-bond acceptors (Lipinski definition) is 2. The van der Waals surface area contributed by atoms with Crippen LogP contribution in [0.2, 0.25) is 10.0 Å². The van der Waals surface area contributed by atoms with Crippen molar-refractivity contribution in [2.75, 3.05) is 13.1 Å². The zero-order valence-corrected chi connectivity index (χ0v) is 14.4. The largest absolute Gasteiger partial charge is 0.391 e. The first-order valence-corrected chi connectivity index (χ1v) is 8.66. The molecular weight excluding hydrogens is 305 g/mol. The molecule has 1 N–H and O–H groups in total. The van der Waals surface area contributed by atoms with Gasteiger partial charge >= 0.3 is 0 Å². The van der Waals surface area contributed by atoms with Crippen molar-refractivity contribution in [3.63, 3.8) is 0 Å². The van der Waals surface area contributed by atoms with E-state index in [0.717, 1.165) is 31.5 Å². The molecule has 0 bridgehead atoms. The van der Waals surface area contributed by atoms with Gasteiger partial charge in [-0.1, -0.05) is 56.0 Å². The predicted octanol–water partition coefficient (Wildman–Crippen LogP) is 4.55. The molecule has 0 saturated heterocycles. The first kappa shape index (κ1) is 17.1. The minimum absolute atomic E-state index is 0.119. The third-order valence-electron chi connectivity index (χ3n) is 4.94. The topological polar surface area (TPSA) is 23.5 Å². The highest BCUT2D eigenvalue weighted by Crippen LogP contribution is 2.40. The molecular formula is C17H25Cl2NO. The first-order valence-electron chi connectivity index (χ1n) is 7.91. The van der Waals surface area contributed by atoms with Gasteiger partial charge in [-0.25, -0.2) is 0 Å². The van der Waals surface area contributed by atoms with Gasteiger partial charge in [-0.15, -0.1) is 0 Å². The predicted molar refractivity (Wildman–Crippen MR) is 90.3 cm³/mol. The van der Waals surface area contributed by atoms with Gasteiger partial charge in [-0.2, -0.15) is 0 Å². The van der Waals surface area contributed by atoms with Crippen LogP contribution in [0, 0.1) is 0 Å². The second-order valence-electron chi connectivity index (χ2n) is 5.90. The monoisotopic (exact) mass is 329 g/mol. The molecule has 1 fully saturated rings. The number of aliphatic hydroxyl groups excluding tert-OH is 1. The average Bonchev–Trinajstić information content (AvgIpc) is 2.95. The number of rotatable bonds is 6. The van der Waals surface area contributed by atoms with Gasteiger partial charge in [0.15, 0.2) is 0 Å². The summed E-state index contributed by atoms with van der Waals surface area (Å²) in [4.78, 5) is 2.41. The summed E-state index contributed by atoms with van der Waals surface area (Å²) >= 11 is 12.5. The lowest BCUT2D eigenvalue weighted by Crippen LogP contribution is -2.55. The maximum absolute atomic E-state index is 11.0. The van der Waals surface area contributed by atoms with Gasteiger partial charge in [0.2, 0.25) is 0 Å². The lowest BCUT2D eigenvalue weighted by molar-refractivity contribution is -0.0244. The van der Waals surface area contributed by atoms with Gasteiger partial charge in [0.05, 0.1) is 6.10 Å². The molecule has 4 heteroatoms. The summed E-state index contributed by atoms with van der Waals surface area (Å²) in [6, 6.07) is 5.53. The van der Waals surface area contributed by atoms with Crippen molar-refractivity contribution in [1.29, 1.82) is 0 Å². The summed E-state index contributed by atoms with van der Waals surface area (Å²) in [5, 5.41) is 12.3. The number of hydrogen-bond donors (Lipinski definition) is 1. The Kier molecular flexibility index (Phi) is 5.96. The Hall–Kier alpha value is -0.280. The van der Waals surface area contributed by atoms with E-state index in [-0.39, 0.29) is 5.54 Å². The minimum atomic E-state index is -0.433. The number of nitrogens with zero attached hydrogens (tertiary/aromatic N) is 1. The fourth-order valence-electron chi connectivity index (χ4n) is 3.81. The van der Waals surface area contributed by atoms with E-state index in [4.69, 9.17) is 23.2 Å². The SMILES string of the molecule is CCN(CC)C1(C(O)Cc2c(Cl)cccc2Cl)CCCC1. The van der Waals surface area contributed by atoms with Crippen LogP contribution >= 0.6 is 23.2 Å². The molecule has 1 saturated carbocycles. The molecule has 0 radical (unpaired) electrons. The van der Waals surface area contributed by atoms with Gasteiger partial charge in [-0.3, -0.25) is 4.90 Å². The Balaban J connectivity index is 2.25. The Morgan fingerprint density at radius 3 is 2.14 bits per heavy atom. The van der Waals surface area contributed by atoms with Crippen molar-refractivity contribution < 1.29 is 5.11 Å². The van der Waals surface area contributed by atoms with Crippen molar-refractivity contribution in [2.45, 2.75) is 57.6 Å². The van der Waals surface area contributed by atoms with Crippen molar-refractivity contribution in [3.05, 3.63) is 33.8 Å². The quantitative estimate of drug-likeness (QED) is 0.827. The van der Waals surface area contributed by atoms with E-state index in [1.165, 1.54) is 12.8 Å². The van der Waals surface area contributed by atoms with Crippen LogP contribution in [0.5, 0.6) is 0 Å². The summed E-state index contributed by atoms with van der Waals surface area (Å²) in [7, 11) is 0. The third kappa shape index (κ3) is 3.39. The smallest absolute Gasteiger partial charge is 0.0765 e. The van der Waals surface area contributed by atoms with Crippen LogP contribution in [0.1, 0.15) is 45.1 Å². The first-order chi connectivity index (χ1) is 10.0. The summed E-state index contributed by atoms with van der Waals surface area (Å²) in [5.74, 6) is 0. The zero-order valence-electron chi connectivity index (χ0n) is 12.9. The van der Waals surface area contributed by atoms with E-state index in [1.54, 1.807) is 0 Å². The normalized spacial score (nSPS) is 19.1. The van der Waals surface area contributed by atoms with E-state index in [1.807, 2.05) is 18.2 Å². The fourth-order valence-corrected chi connectivity index (χ4v) is 4.36. The Labute approximate surface area is 138 Å². The van der Waals surface area contributed by atoms with Crippen molar-refractivity contribution >= 4 is 23.2 Å². The highest BCUT2D eigenvalue weighted by molar-refractivity contribution is 6.36. The molecule has 0 aromatic heterocycles. The molecule has 21 heavy (non-hydrogen) atoms. The Bertz CT molecular complexity index is 448. The zero-order chi connectivity index (χ0) is 15.5. The van der Waals surface area contributed by atoms with Crippen molar-refractivity contribution in [3.8, 4) is 0 Å². The highest BCUT2D eigenvalue weighted by atomic mass is 35.5. The van der Waals surface area contributed by atoms with E-state index in [2.05, 4.69) is 18.7 Å². The van der Waals surface area contributed by atoms with Crippen LogP contribution in [0.3, 0.4) is 0 Å². The number of aliphatic hydroxyl groups is 1. The lowest BCUT2D eigenvalue weighted by atomic mass is 9.84. The highest BCUT2D eigenvalue weighted by Gasteiger charge is 2.44. The minimum Gasteiger partial charge on any atom is -0.391 e. The van der Waals surface area contributed by atoms with Gasteiger partial charge < -0.3 is 5.11 Å². The lowest BCUT2D eigenvalue weighted by Gasteiger charge is -2.44. The summed E-state index contributed by atoms with van der Waals surface area (Å²) in [6.45, 7) is 6.26. The summed E-state index contributed by atoms with van der Waals surface area (Å²) in [5.41, 5.74) is 0.748. The standard InChI is InChI=1S/C17H25Cl2NO/c1-3-20(4-2)17(10-5-6-11-17)16(21)12-13-14(18)8-7-9-15(13)19/h7-9,16,21H,3-6,10-12H2,1-2H3. The van der Waals surface area contributed by atoms with Gasteiger partial charge in [0.25, 0.3) is 0 Å². The van der Waals surface area contributed by atoms with Crippen molar-refractivity contribution in [1.82, 2.24) is 4.90 Å². The molecule has 0 amide bonds. The maximum Gasteiger partial charge on any atom is 0.0765 e. The third-order valence-corrected chi connectivity index (χ3v) is 5.65. The average molecular weight is 330 g/mol. The molecule has 1 unspecified atom stereocenters. The second kappa shape index (κ2) is 7.32. The molecule has 2 nitrogen and oxygen atoms in total. The number of benzene rings is 1. The molecule has 0 aliphatic heterocycles. The summed E-state index contributed by atoms with van der Waals surface area (Å²) in [6.07, 6.45) is 4.57. The molecule has 0 heterocycles. The Morgan fingerprint density at radius 2 is 1.67 bits per heavy atom. The van der Waals surface area contributed by atoms with E-state index >= 15 is 0 Å². The number of halogens is 2. The van der Waals surface area contributed by atoms with Crippen LogP contribution < -0.4 is 0 Å². The molecule has 118 valence electrons. The van der Waals surface area contributed by atoms with Gasteiger partial charge in [0.1, 0.15) is 0 Å². The van der Waals surface area contributed by atoms with E-state index < -0.39 is 6.10 Å². The molecule has 1 aliphatic rings. The van der Waals surface area contributed by atoms with Crippen LogP contribution in [0.15, 0.2) is 18.2 Å². The van der Waals surface area contributed by atoms with Gasteiger partial charge in [0, 0.05) is 22.0 Å². The maximum atomic E-state index is 11.0.